The summed E-state index contributed by atoms with van der Waals surface area (Å²) in [6.45, 7) is 15.3. The molecule has 0 aromatic carbocycles. The van der Waals surface area contributed by atoms with Crippen LogP contribution in [0.25, 0.3) is 0 Å². The van der Waals surface area contributed by atoms with Crippen molar-refractivity contribution in [3.05, 3.63) is 0 Å². The third-order valence-electron chi connectivity index (χ3n) is 7.60. The number of piperidine rings is 2. The summed E-state index contributed by atoms with van der Waals surface area (Å²) >= 11 is 0. The van der Waals surface area contributed by atoms with Gasteiger partial charge in [-0.05, 0) is 84.1 Å². The number of esters is 2. The topological polar surface area (TPSA) is 77.5 Å². The average Bonchev–Trinajstić information content (AvgIpc) is 2.89. The highest BCUT2D eigenvalue weighted by Gasteiger charge is 2.22. The van der Waals surface area contributed by atoms with Crippen molar-refractivity contribution in [1.82, 2.24) is 9.80 Å². The molecule has 2 aliphatic rings. The van der Waals surface area contributed by atoms with Gasteiger partial charge in [-0.2, -0.15) is 0 Å². The second-order valence-electron chi connectivity index (χ2n) is 10.7. The average molecular weight is 513 g/mol. The van der Waals surface area contributed by atoms with Crippen molar-refractivity contribution >= 4 is 11.9 Å². The van der Waals surface area contributed by atoms with E-state index in [4.69, 9.17) is 18.9 Å². The maximum atomic E-state index is 12.1. The predicted molar refractivity (Wildman–Crippen MR) is 141 cm³/mol. The molecular formula is C28H52N2O6. The molecule has 0 aromatic rings. The molecule has 8 nitrogen and oxygen atoms in total. The Bertz CT molecular complexity index is 613. The van der Waals surface area contributed by atoms with E-state index >= 15 is 0 Å². The second kappa shape index (κ2) is 17.3. The first-order valence-corrected chi connectivity index (χ1v) is 14.3. The summed E-state index contributed by atoms with van der Waals surface area (Å²) in [5.74, 6) is 0.537. The molecule has 2 rings (SSSR count). The Morgan fingerprint density at radius 1 is 0.750 bits per heavy atom. The highest BCUT2D eigenvalue weighted by Crippen LogP contribution is 2.27. The van der Waals surface area contributed by atoms with E-state index in [0.717, 1.165) is 31.5 Å². The molecule has 2 fully saturated rings. The maximum Gasteiger partial charge on any atom is 0.307 e. The van der Waals surface area contributed by atoms with E-state index in [2.05, 4.69) is 16.7 Å². The number of carbonyl (C=O) groups is 2. The number of hydrogen-bond acceptors (Lipinski definition) is 8. The Hall–Kier alpha value is -1.22. The van der Waals surface area contributed by atoms with Gasteiger partial charge in [-0.3, -0.25) is 9.59 Å². The molecule has 2 heterocycles. The lowest BCUT2D eigenvalue weighted by molar-refractivity contribution is -0.223. The van der Waals surface area contributed by atoms with Crippen LogP contribution in [0.5, 0.6) is 0 Å². The fraction of sp³-hybridized carbons (Fsp3) is 0.929. The Kier molecular flexibility index (Phi) is 14.9. The van der Waals surface area contributed by atoms with Gasteiger partial charge in [0.05, 0.1) is 19.6 Å². The number of nitrogens with zero attached hydrogens (tertiary/aromatic N) is 2. The van der Waals surface area contributed by atoms with Gasteiger partial charge in [-0.15, -0.1) is 0 Å². The standard InChI is InChI=1S/C28H52N2O6/c1-5-26(31)33-20-22-35-28(3,4)36-23-21-34-27(32)14-19-30-17-12-25(13-18-30)9-7-8-24-10-15-29(6-2)16-11-24/h24-25H,5-23H2,1-4H3. The zero-order valence-electron chi connectivity index (χ0n) is 23.4. The molecule has 2 aliphatic heterocycles. The number of hydrogen-bond donors (Lipinski definition) is 0. The summed E-state index contributed by atoms with van der Waals surface area (Å²) in [5.41, 5.74) is 0. The zero-order chi connectivity index (χ0) is 26.2. The van der Waals surface area contributed by atoms with Crippen LogP contribution in [-0.4, -0.2) is 93.2 Å². The van der Waals surface area contributed by atoms with Crippen LogP contribution in [-0.2, 0) is 28.5 Å². The summed E-state index contributed by atoms with van der Waals surface area (Å²) in [6.07, 6.45) is 10.2. The van der Waals surface area contributed by atoms with Gasteiger partial charge in [-0.25, -0.2) is 0 Å². The quantitative estimate of drug-likeness (QED) is 0.163. The second-order valence-corrected chi connectivity index (χ2v) is 10.7. The largest absolute Gasteiger partial charge is 0.463 e. The normalized spacial score (nSPS) is 18.9. The van der Waals surface area contributed by atoms with Gasteiger partial charge in [0.25, 0.3) is 0 Å². The molecule has 2 saturated heterocycles. The first-order valence-electron chi connectivity index (χ1n) is 14.3. The molecule has 210 valence electrons. The van der Waals surface area contributed by atoms with Crippen molar-refractivity contribution in [3.8, 4) is 0 Å². The maximum absolute atomic E-state index is 12.1. The van der Waals surface area contributed by atoms with E-state index in [0.29, 0.717) is 12.8 Å². The van der Waals surface area contributed by atoms with Crippen LogP contribution < -0.4 is 0 Å². The van der Waals surface area contributed by atoms with E-state index < -0.39 is 5.79 Å². The van der Waals surface area contributed by atoms with Gasteiger partial charge in [0.15, 0.2) is 5.79 Å². The lowest BCUT2D eigenvalue weighted by Gasteiger charge is -2.33. The van der Waals surface area contributed by atoms with Crippen LogP contribution in [0, 0.1) is 11.8 Å². The zero-order valence-corrected chi connectivity index (χ0v) is 23.4. The van der Waals surface area contributed by atoms with E-state index in [1.54, 1.807) is 20.8 Å². The fourth-order valence-electron chi connectivity index (χ4n) is 5.14. The first-order chi connectivity index (χ1) is 17.3. The summed E-state index contributed by atoms with van der Waals surface area (Å²) in [5, 5.41) is 0. The van der Waals surface area contributed by atoms with E-state index in [9.17, 15) is 9.59 Å². The Balaban J connectivity index is 1.44. The third kappa shape index (κ3) is 13.4. The van der Waals surface area contributed by atoms with Crippen LogP contribution >= 0.6 is 0 Å². The molecule has 0 atom stereocenters. The fourth-order valence-corrected chi connectivity index (χ4v) is 5.14. The molecule has 0 radical (unpaired) electrons. The molecule has 0 aromatic heterocycles. The van der Waals surface area contributed by atoms with Gasteiger partial charge in [0.1, 0.15) is 13.2 Å². The van der Waals surface area contributed by atoms with E-state index in [1.165, 1.54) is 64.6 Å². The SMILES string of the molecule is CCC(=O)OCCOC(C)(C)OCCOC(=O)CCN1CCC(CCCC2CCN(CC)CC2)CC1. The van der Waals surface area contributed by atoms with Crippen LogP contribution in [0.4, 0.5) is 0 Å². The number of ether oxygens (including phenoxy) is 4. The van der Waals surface area contributed by atoms with Crippen LogP contribution in [0.2, 0.25) is 0 Å². The molecule has 0 amide bonds. The van der Waals surface area contributed by atoms with E-state index in [-0.39, 0.29) is 38.4 Å². The Morgan fingerprint density at radius 2 is 1.25 bits per heavy atom. The van der Waals surface area contributed by atoms with Crippen molar-refractivity contribution in [2.75, 3.05) is 65.7 Å². The van der Waals surface area contributed by atoms with Crippen LogP contribution in [0.15, 0.2) is 0 Å². The molecule has 0 bridgehead atoms. The monoisotopic (exact) mass is 512 g/mol. The molecule has 8 heteroatoms. The van der Waals surface area contributed by atoms with Gasteiger partial charge < -0.3 is 28.7 Å². The highest BCUT2D eigenvalue weighted by molar-refractivity contribution is 5.69. The van der Waals surface area contributed by atoms with Crippen molar-refractivity contribution in [2.45, 2.75) is 91.3 Å². The van der Waals surface area contributed by atoms with Crippen molar-refractivity contribution < 1.29 is 28.5 Å². The Labute approximate surface area is 219 Å². The predicted octanol–water partition coefficient (Wildman–Crippen LogP) is 4.26. The van der Waals surface area contributed by atoms with Crippen molar-refractivity contribution in [3.63, 3.8) is 0 Å². The van der Waals surface area contributed by atoms with Gasteiger partial charge >= 0.3 is 11.9 Å². The molecule has 0 saturated carbocycles. The summed E-state index contributed by atoms with van der Waals surface area (Å²) in [4.78, 5) is 28.2. The first kappa shape index (κ1) is 31.0. The minimum atomic E-state index is -0.831. The Morgan fingerprint density at radius 3 is 1.75 bits per heavy atom. The molecular weight excluding hydrogens is 460 g/mol. The van der Waals surface area contributed by atoms with Crippen LogP contribution in [0.3, 0.4) is 0 Å². The minimum absolute atomic E-state index is 0.181. The molecule has 0 N–H and O–H groups in total. The van der Waals surface area contributed by atoms with Gasteiger partial charge in [0.2, 0.25) is 0 Å². The van der Waals surface area contributed by atoms with E-state index in [1.807, 2.05) is 0 Å². The lowest BCUT2D eigenvalue weighted by atomic mass is 9.87. The lowest BCUT2D eigenvalue weighted by Crippen LogP contribution is -2.35. The minimum Gasteiger partial charge on any atom is -0.463 e. The van der Waals surface area contributed by atoms with Crippen LogP contribution in [0.1, 0.15) is 85.5 Å². The number of likely N-dealkylation sites (tertiary alicyclic amines) is 2. The molecule has 36 heavy (non-hydrogen) atoms. The summed E-state index contributed by atoms with van der Waals surface area (Å²) in [6, 6.07) is 0. The van der Waals surface area contributed by atoms with Gasteiger partial charge in [-0.1, -0.05) is 33.1 Å². The number of rotatable bonds is 17. The molecule has 0 aliphatic carbocycles. The third-order valence-corrected chi connectivity index (χ3v) is 7.60. The summed E-state index contributed by atoms with van der Waals surface area (Å²) in [7, 11) is 0. The summed E-state index contributed by atoms with van der Waals surface area (Å²) < 4.78 is 21.5. The number of carbonyl (C=O) groups excluding carboxylic acids is 2. The molecule has 0 unspecified atom stereocenters. The van der Waals surface area contributed by atoms with Gasteiger partial charge in [0, 0.05) is 13.0 Å². The molecule has 0 spiro atoms. The van der Waals surface area contributed by atoms with Crippen molar-refractivity contribution in [1.29, 1.82) is 0 Å². The van der Waals surface area contributed by atoms with Crippen molar-refractivity contribution in [2.24, 2.45) is 11.8 Å². The smallest absolute Gasteiger partial charge is 0.307 e. The highest BCUT2D eigenvalue weighted by atomic mass is 16.7.